The van der Waals surface area contributed by atoms with E-state index in [1.807, 2.05) is 32.9 Å². The topological polar surface area (TPSA) is 51.7 Å². The average Bonchev–Trinajstić information content (AvgIpc) is 2.78. The first kappa shape index (κ1) is 22.0. The molecule has 0 aliphatic carbocycles. The molecular formula is C27H30N2O3. The highest BCUT2D eigenvalue weighted by atomic mass is 16.6. The molecule has 0 saturated heterocycles. The predicted octanol–water partition coefficient (Wildman–Crippen LogP) is 5.70. The molecule has 5 heteroatoms. The molecule has 1 aromatic heterocycles. The van der Waals surface area contributed by atoms with E-state index in [-0.39, 0.29) is 18.1 Å². The molecule has 2 heterocycles. The molecule has 0 fully saturated rings. The van der Waals surface area contributed by atoms with E-state index in [4.69, 9.17) is 14.5 Å². The summed E-state index contributed by atoms with van der Waals surface area (Å²) in [5, 5.41) is 0. The molecule has 4 rings (SSSR count). The summed E-state index contributed by atoms with van der Waals surface area (Å²) in [6.45, 7) is 6.45. The molecule has 1 unspecified atom stereocenters. The van der Waals surface area contributed by atoms with E-state index >= 15 is 0 Å². The molecule has 1 aliphatic rings. The normalized spacial score (nSPS) is 15.8. The molecule has 5 nitrogen and oxygen atoms in total. The van der Waals surface area contributed by atoms with Gasteiger partial charge in [-0.25, -0.2) is 4.79 Å². The standard InChI is InChI=1S/C27H30N2O3/c1-27(2,3)32-26(30)29(4)24-18-31-17-23-21(24)15-16-22(28-23)25(19-11-7-5-8-12-19)20-13-9-6-10-14-20/h5-16,24-25H,17-18H2,1-4H3. The first-order valence-corrected chi connectivity index (χ1v) is 11.0. The van der Waals surface area contributed by atoms with Gasteiger partial charge in [0.2, 0.25) is 0 Å². The molecule has 32 heavy (non-hydrogen) atoms. The summed E-state index contributed by atoms with van der Waals surface area (Å²) >= 11 is 0. The van der Waals surface area contributed by atoms with Crippen LogP contribution >= 0.6 is 0 Å². The summed E-state index contributed by atoms with van der Waals surface area (Å²) in [5.41, 5.74) is 4.66. The van der Waals surface area contributed by atoms with Crippen molar-refractivity contribution in [1.82, 2.24) is 9.88 Å². The van der Waals surface area contributed by atoms with Crippen molar-refractivity contribution in [3.8, 4) is 0 Å². The highest BCUT2D eigenvalue weighted by molar-refractivity contribution is 5.68. The number of benzene rings is 2. The Balaban J connectivity index is 1.69. The number of fused-ring (bicyclic) bond motifs is 1. The SMILES string of the molecule is CN(C(=O)OC(C)(C)C)C1COCc2nc(C(c3ccccc3)c3ccccc3)ccc21. The molecule has 1 aliphatic heterocycles. The van der Waals surface area contributed by atoms with Gasteiger partial charge in [0, 0.05) is 12.6 Å². The van der Waals surface area contributed by atoms with Crippen LogP contribution < -0.4 is 0 Å². The number of rotatable bonds is 4. The van der Waals surface area contributed by atoms with Gasteiger partial charge in [-0.2, -0.15) is 0 Å². The lowest BCUT2D eigenvalue weighted by atomic mass is 9.87. The van der Waals surface area contributed by atoms with Gasteiger partial charge >= 0.3 is 6.09 Å². The van der Waals surface area contributed by atoms with Crippen molar-refractivity contribution in [2.45, 2.75) is 44.9 Å². The van der Waals surface area contributed by atoms with Crippen LogP contribution in [0.4, 0.5) is 4.79 Å². The minimum Gasteiger partial charge on any atom is -0.444 e. The molecule has 0 radical (unpaired) electrons. The molecule has 1 amide bonds. The Bertz CT molecular complexity index is 1020. The van der Waals surface area contributed by atoms with Crippen LogP contribution in [-0.2, 0) is 16.1 Å². The highest BCUT2D eigenvalue weighted by Gasteiger charge is 2.32. The zero-order chi connectivity index (χ0) is 22.7. The summed E-state index contributed by atoms with van der Waals surface area (Å²) in [4.78, 5) is 19.3. The third-order valence-corrected chi connectivity index (χ3v) is 5.62. The second kappa shape index (κ2) is 9.13. The number of amides is 1. The van der Waals surface area contributed by atoms with E-state index < -0.39 is 5.60 Å². The molecule has 2 aromatic carbocycles. The largest absolute Gasteiger partial charge is 0.444 e. The highest BCUT2D eigenvalue weighted by Crippen LogP contribution is 2.34. The molecule has 0 N–H and O–H groups in total. The Morgan fingerprint density at radius 1 is 1.00 bits per heavy atom. The number of nitrogens with zero attached hydrogens (tertiary/aromatic N) is 2. The molecule has 3 aromatic rings. The first-order chi connectivity index (χ1) is 15.3. The Morgan fingerprint density at radius 3 is 2.16 bits per heavy atom. The summed E-state index contributed by atoms with van der Waals surface area (Å²) in [7, 11) is 1.75. The smallest absolute Gasteiger partial charge is 0.410 e. The summed E-state index contributed by atoms with van der Waals surface area (Å²) in [6.07, 6.45) is -0.366. The van der Waals surface area contributed by atoms with Gasteiger partial charge in [0.05, 0.1) is 36.6 Å². The fourth-order valence-electron chi connectivity index (χ4n) is 4.07. The third-order valence-electron chi connectivity index (χ3n) is 5.62. The third kappa shape index (κ3) is 4.83. The number of aromatic nitrogens is 1. The van der Waals surface area contributed by atoms with Crippen LogP contribution in [0.15, 0.2) is 72.8 Å². The number of hydrogen-bond acceptors (Lipinski definition) is 4. The lowest BCUT2D eigenvalue weighted by molar-refractivity contribution is -0.00120. The number of carbonyl (C=O) groups excluding carboxylic acids is 1. The van der Waals surface area contributed by atoms with Crippen molar-refractivity contribution >= 4 is 6.09 Å². The Kier molecular flexibility index (Phi) is 6.28. The van der Waals surface area contributed by atoms with Crippen LogP contribution in [0.3, 0.4) is 0 Å². The van der Waals surface area contributed by atoms with Crippen molar-refractivity contribution in [3.05, 3.63) is 101 Å². The van der Waals surface area contributed by atoms with Crippen LogP contribution in [0.1, 0.15) is 60.8 Å². The van der Waals surface area contributed by atoms with E-state index in [9.17, 15) is 4.79 Å². The van der Waals surface area contributed by atoms with Gasteiger partial charge in [0.15, 0.2) is 0 Å². The number of pyridine rings is 1. The van der Waals surface area contributed by atoms with Gasteiger partial charge in [0.1, 0.15) is 5.60 Å². The molecule has 166 valence electrons. The van der Waals surface area contributed by atoms with E-state index in [1.165, 1.54) is 11.1 Å². The van der Waals surface area contributed by atoms with E-state index in [0.717, 1.165) is 17.0 Å². The zero-order valence-electron chi connectivity index (χ0n) is 19.1. The maximum Gasteiger partial charge on any atom is 0.410 e. The summed E-state index contributed by atoms with van der Waals surface area (Å²) in [5.74, 6) is 0.0201. The number of hydrogen-bond donors (Lipinski definition) is 0. The fourth-order valence-corrected chi connectivity index (χ4v) is 4.07. The van der Waals surface area contributed by atoms with Gasteiger partial charge in [0.25, 0.3) is 0 Å². The second-order valence-corrected chi connectivity index (χ2v) is 9.15. The van der Waals surface area contributed by atoms with Gasteiger partial charge < -0.3 is 14.4 Å². The number of carbonyl (C=O) groups is 1. The lowest BCUT2D eigenvalue weighted by Crippen LogP contribution is -2.40. The Morgan fingerprint density at radius 2 is 1.59 bits per heavy atom. The number of ether oxygens (including phenoxy) is 2. The predicted molar refractivity (Wildman–Crippen MR) is 124 cm³/mol. The Labute approximate surface area is 190 Å². The second-order valence-electron chi connectivity index (χ2n) is 9.15. The van der Waals surface area contributed by atoms with Gasteiger partial charge in [-0.3, -0.25) is 4.98 Å². The van der Waals surface area contributed by atoms with Crippen LogP contribution in [0.5, 0.6) is 0 Å². The summed E-state index contributed by atoms with van der Waals surface area (Å²) < 4.78 is 11.4. The average molecular weight is 431 g/mol. The lowest BCUT2D eigenvalue weighted by Gasteiger charge is -2.34. The van der Waals surface area contributed by atoms with Crippen molar-refractivity contribution in [1.29, 1.82) is 0 Å². The molecule has 0 spiro atoms. The Hall–Kier alpha value is -3.18. The molecule has 0 saturated carbocycles. The molecule has 0 bridgehead atoms. The molecular weight excluding hydrogens is 400 g/mol. The fraction of sp³-hybridized carbons (Fsp3) is 0.333. The minimum absolute atomic E-state index is 0.0201. The molecule has 1 atom stereocenters. The van der Waals surface area contributed by atoms with Gasteiger partial charge in [-0.05, 0) is 38.0 Å². The van der Waals surface area contributed by atoms with Crippen molar-refractivity contribution in [2.75, 3.05) is 13.7 Å². The van der Waals surface area contributed by atoms with E-state index in [1.54, 1.807) is 11.9 Å². The van der Waals surface area contributed by atoms with Crippen LogP contribution in [0.25, 0.3) is 0 Å². The number of likely N-dealkylation sites (N-methyl/N-ethyl adjacent to an activating group) is 1. The van der Waals surface area contributed by atoms with Crippen LogP contribution in [0.2, 0.25) is 0 Å². The summed E-state index contributed by atoms with van der Waals surface area (Å²) in [6, 6.07) is 24.7. The van der Waals surface area contributed by atoms with E-state index in [2.05, 4.69) is 60.7 Å². The maximum atomic E-state index is 12.6. The monoisotopic (exact) mass is 430 g/mol. The van der Waals surface area contributed by atoms with Gasteiger partial charge in [-0.1, -0.05) is 66.7 Å². The van der Waals surface area contributed by atoms with Crippen molar-refractivity contribution in [3.63, 3.8) is 0 Å². The maximum absolute atomic E-state index is 12.6. The first-order valence-electron chi connectivity index (χ1n) is 11.0. The van der Waals surface area contributed by atoms with Crippen molar-refractivity contribution < 1.29 is 14.3 Å². The van der Waals surface area contributed by atoms with Gasteiger partial charge in [-0.15, -0.1) is 0 Å². The zero-order valence-corrected chi connectivity index (χ0v) is 19.1. The van der Waals surface area contributed by atoms with E-state index in [0.29, 0.717) is 13.2 Å². The van der Waals surface area contributed by atoms with Crippen LogP contribution in [-0.4, -0.2) is 35.2 Å². The van der Waals surface area contributed by atoms with Crippen molar-refractivity contribution in [2.24, 2.45) is 0 Å². The quantitative estimate of drug-likeness (QED) is 0.533. The van der Waals surface area contributed by atoms with Crippen LogP contribution in [0, 0.1) is 0 Å². The minimum atomic E-state index is -0.551.